The lowest BCUT2D eigenvalue weighted by Crippen LogP contribution is -2.17. The number of thioether (sulfide) groups is 1. The van der Waals surface area contributed by atoms with Crippen molar-refractivity contribution in [1.29, 1.82) is 0 Å². The first kappa shape index (κ1) is 27.9. The highest BCUT2D eigenvalue weighted by Gasteiger charge is 2.26. The molecule has 1 aliphatic carbocycles. The summed E-state index contributed by atoms with van der Waals surface area (Å²) in [5, 5.41) is 12.7. The van der Waals surface area contributed by atoms with E-state index >= 15 is 0 Å². The van der Waals surface area contributed by atoms with Crippen molar-refractivity contribution in [2.75, 3.05) is 18.2 Å². The van der Waals surface area contributed by atoms with Crippen LogP contribution in [0.3, 0.4) is 0 Å². The van der Waals surface area contributed by atoms with Crippen LogP contribution in [0.1, 0.15) is 63.4 Å². The molecule has 202 valence electrons. The summed E-state index contributed by atoms with van der Waals surface area (Å²) in [6.45, 7) is 8.61. The fourth-order valence-electron chi connectivity index (χ4n) is 4.47. The van der Waals surface area contributed by atoms with E-state index in [0.717, 1.165) is 54.5 Å². The average molecular weight is 555 g/mol. The van der Waals surface area contributed by atoms with Crippen LogP contribution in [0.4, 0.5) is 5.00 Å². The third-order valence-corrected chi connectivity index (χ3v) is 8.63. The summed E-state index contributed by atoms with van der Waals surface area (Å²) in [7, 11) is 1.38. The van der Waals surface area contributed by atoms with Gasteiger partial charge in [0.05, 0.1) is 18.4 Å². The Hall–Kier alpha value is -3.11. The summed E-state index contributed by atoms with van der Waals surface area (Å²) >= 11 is 2.78. The number of rotatable bonds is 10. The highest BCUT2D eigenvalue weighted by atomic mass is 32.2. The molecule has 3 aromatic rings. The molecule has 0 saturated heterocycles. The van der Waals surface area contributed by atoms with Gasteiger partial charge in [-0.15, -0.1) is 28.1 Å². The molecule has 1 amide bonds. The fraction of sp³-hybridized carbons (Fsp3) is 0.429. The van der Waals surface area contributed by atoms with Gasteiger partial charge in [0.25, 0.3) is 0 Å². The molecule has 0 saturated carbocycles. The lowest BCUT2D eigenvalue weighted by molar-refractivity contribution is -0.113. The first-order valence-electron chi connectivity index (χ1n) is 12.8. The average Bonchev–Trinajstić information content (AvgIpc) is 3.43. The number of carbonyl (C=O) groups is 2. The van der Waals surface area contributed by atoms with Crippen molar-refractivity contribution >= 4 is 40.0 Å². The molecular weight excluding hydrogens is 520 g/mol. The number of anilines is 1. The van der Waals surface area contributed by atoms with E-state index in [1.165, 1.54) is 41.5 Å². The number of allylic oxidation sites excluding steroid dienone is 1. The Bertz CT molecular complexity index is 1310. The van der Waals surface area contributed by atoms with E-state index in [9.17, 15) is 9.59 Å². The number of nitrogens with zero attached hydrogens (tertiary/aromatic N) is 3. The van der Waals surface area contributed by atoms with Crippen LogP contribution in [0.2, 0.25) is 0 Å². The summed E-state index contributed by atoms with van der Waals surface area (Å²) < 4.78 is 13.0. The van der Waals surface area contributed by atoms with Crippen molar-refractivity contribution in [1.82, 2.24) is 14.8 Å². The number of aryl methyl sites for hydroxylation is 3. The van der Waals surface area contributed by atoms with E-state index in [1.807, 2.05) is 36.6 Å². The van der Waals surface area contributed by atoms with Crippen LogP contribution in [0.5, 0.6) is 5.75 Å². The Kier molecular flexibility index (Phi) is 9.63. The Morgan fingerprint density at radius 2 is 1.97 bits per heavy atom. The Morgan fingerprint density at radius 1 is 1.18 bits per heavy atom. The van der Waals surface area contributed by atoms with Crippen molar-refractivity contribution in [2.24, 2.45) is 0 Å². The molecule has 8 nitrogen and oxygen atoms in total. The molecule has 1 N–H and O–H groups in total. The minimum atomic E-state index is -0.398. The van der Waals surface area contributed by atoms with Crippen LogP contribution in [0, 0.1) is 13.8 Å². The molecule has 38 heavy (non-hydrogen) atoms. The molecular formula is C28H34N4O4S2. The van der Waals surface area contributed by atoms with Crippen LogP contribution in [0.15, 0.2) is 36.0 Å². The number of methoxy groups -OCH3 is 1. The predicted octanol–water partition coefficient (Wildman–Crippen LogP) is 5.90. The van der Waals surface area contributed by atoms with Gasteiger partial charge < -0.3 is 14.8 Å². The van der Waals surface area contributed by atoms with Gasteiger partial charge in [-0.1, -0.05) is 42.8 Å². The molecule has 0 unspecified atom stereocenters. The molecule has 2 heterocycles. The Labute approximate surface area is 231 Å². The summed E-state index contributed by atoms with van der Waals surface area (Å²) in [6.07, 6.45) is 7.98. The molecule has 0 fully saturated rings. The quantitative estimate of drug-likeness (QED) is 0.189. The fourth-order valence-corrected chi connectivity index (χ4v) is 6.53. The monoisotopic (exact) mass is 554 g/mol. The third-order valence-electron chi connectivity index (χ3n) is 6.45. The van der Waals surface area contributed by atoms with Crippen molar-refractivity contribution in [2.45, 2.75) is 70.7 Å². The van der Waals surface area contributed by atoms with Crippen molar-refractivity contribution in [3.63, 3.8) is 0 Å². The van der Waals surface area contributed by atoms with Crippen molar-refractivity contribution < 1.29 is 19.1 Å². The molecule has 1 aliphatic rings. The Balaban J connectivity index is 1.44. The van der Waals surface area contributed by atoms with Gasteiger partial charge in [0, 0.05) is 11.4 Å². The largest absolute Gasteiger partial charge is 0.485 e. The molecule has 4 rings (SSSR count). The molecule has 0 aliphatic heterocycles. The minimum Gasteiger partial charge on any atom is -0.485 e. The number of fused-ring (bicyclic) bond motifs is 1. The number of carbonyl (C=O) groups excluding carboxylic acids is 2. The number of benzene rings is 1. The smallest absolute Gasteiger partial charge is 0.341 e. The number of esters is 1. The number of aromatic nitrogens is 3. The SMILES string of the molecule is C=CCn1c(COc2cc(C)ccc2C)nnc1SCC(=O)Nc1sc2c(c1C(=O)OC)CCCCCC2. The normalized spacial score (nSPS) is 13.2. The van der Waals surface area contributed by atoms with Gasteiger partial charge in [0.2, 0.25) is 5.91 Å². The zero-order chi connectivity index (χ0) is 27.1. The van der Waals surface area contributed by atoms with E-state index in [2.05, 4.69) is 22.1 Å². The second-order valence-corrected chi connectivity index (χ2v) is 11.4. The topological polar surface area (TPSA) is 95.3 Å². The molecule has 0 spiro atoms. The van der Waals surface area contributed by atoms with Gasteiger partial charge in [-0.2, -0.15) is 0 Å². The van der Waals surface area contributed by atoms with Crippen molar-refractivity contribution in [3.05, 3.63) is 63.8 Å². The molecule has 1 aromatic carbocycles. The van der Waals surface area contributed by atoms with Gasteiger partial charge in [-0.05, 0) is 62.3 Å². The first-order chi connectivity index (χ1) is 18.4. The van der Waals surface area contributed by atoms with Crippen LogP contribution in [-0.2, 0) is 35.5 Å². The van der Waals surface area contributed by atoms with Gasteiger partial charge in [-0.3, -0.25) is 9.36 Å². The highest BCUT2D eigenvalue weighted by Crippen LogP contribution is 2.37. The zero-order valence-electron chi connectivity index (χ0n) is 22.2. The van der Waals surface area contributed by atoms with Crippen LogP contribution in [0.25, 0.3) is 0 Å². The van der Waals surface area contributed by atoms with E-state index in [1.54, 1.807) is 6.08 Å². The molecule has 10 heteroatoms. The van der Waals surface area contributed by atoms with E-state index < -0.39 is 5.97 Å². The predicted molar refractivity (Wildman–Crippen MR) is 151 cm³/mol. The van der Waals surface area contributed by atoms with Crippen LogP contribution < -0.4 is 10.1 Å². The van der Waals surface area contributed by atoms with Crippen molar-refractivity contribution in [3.8, 4) is 5.75 Å². The van der Waals surface area contributed by atoms with E-state index in [4.69, 9.17) is 9.47 Å². The summed E-state index contributed by atoms with van der Waals surface area (Å²) in [5.74, 6) is 0.968. The second-order valence-electron chi connectivity index (χ2n) is 9.31. The highest BCUT2D eigenvalue weighted by molar-refractivity contribution is 7.99. The number of amides is 1. The maximum absolute atomic E-state index is 13.0. The van der Waals surface area contributed by atoms with Gasteiger partial charge in [0.15, 0.2) is 11.0 Å². The number of ether oxygens (including phenoxy) is 2. The first-order valence-corrected chi connectivity index (χ1v) is 14.6. The van der Waals surface area contributed by atoms with E-state index in [-0.39, 0.29) is 18.3 Å². The number of hydrogen-bond acceptors (Lipinski definition) is 8. The third kappa shape index (κ3) is 6.66. The maximum Gasteiger partial charge on any atom is 0.341 e. The maximum atomic E-state index is 13.0. The van der Waals surface area contributed by atoms with Crippen LogP contribution in [-0.4, -0.2) is 39.5 Å². The lowest BCUT2D eigenvalue weighted by Gasteiger charge is -2.11. The van der Waals surface area contributed by atoms with E-state index in [0.29, 0.717) is 28.1 Å². The molecule has 0 atom stereocenters. The summed E-state index contributed by atoms with van der Waals surface area (Å²) in [6, 6.07) is 6.07. The van der Waals surface area contributed by atoms with Gasteiger partial charge in [0.1, 0.15) is 17.4 Å². The second kappa shape index (κ2) is 13.1. The zero-order valence-corrected chi connectivity index (χ0v) is 23.8. The van der Waals surface area contributed by atoms with Crippen LogP contribution >= 0.6 is 23.1 Å². The van der Waals surface area contributed by atoms with Gasteiger partial charge >= 0.3 is 5.97 Å². The lowest BCUT2D eigenvalue weighted by atomic mass is 9.96. The number of hydrogen-bond donors (Lipinski definition) is 1. The Morgan fingerprint density at radius 3 is 2.74 bits per heavy atom. The summed E-state index contributed by atoms with van der Waals surface area (Å²) in [4.78, 5) is 26.8. The summed E-state index contributed by atoms with van der Waals surface area (Å²) in [5.41, 5.74) is 3.70. The standard InChI is InChI=1S/C28H34N4O4S2/c1-5-14-32-23(16-36-21-15-18(2)12-13-19(21)3)30-31-28(32)37-17-24(33)29-26-25(27(34)35-4)20-10-8-6-7-9-11-22(20)38-26/h5,12-13,15H,1,6-11,14,16-17H2,2-4H3,(H,29,33). The molecule has 0 radical (unpaired) electrons. The molecule has 0 bridgehead atoms. The van der Waals surface area contributed by atoms with Gasteiger partial charge in [-0.25, -0.2) is 4.79 Å². The number of thiophene rings is 1. The minimum absolute atomic E-state index is 0.121. The number of nitrogens with one attached hydrogen (secondary N) is 1. The molecule has 2 aromatic heterocycles.